The predicted molar refractivity (Wildman–Crippen MR) is 236 cm³/mol. The van der Waals surface area contributed by atoms with Crippen molar-refractivity contribution >= 4 is 64.7 Å². The number of para-hydroxylation sites is 1. The van der Waals surface area contributed by atoms with Gasteiger partial charge in [0.25, 0.3) is 0 Å². The lowest BCUT2D eigenvalue weighted by atomic mass is 9.75. The van der Waals surface area contributed by atoms with Crippen molar-refractivity contribution in [3.63, 3.8) is 0 Å². The molecule has 0 saturated carbocycles. The van der Waals surface area contributed by atoms with E-state index in [4.69, 9.17) is 0 Å². The first-order valence-electron chi connectivity index (χ1n) is 20.8. The van der Waals surface area contributed by atoms with Crippen LogP contribution in [0.25, 0.3) is 58.8 Å². The van der Waals surface area contributed by atoms with Crippen LogP contribution in [-0.2, 0) is 0 Å². The molecule has 6 aromatic carbocycles. The van der Waals surface area contributed by atoms with Crippen LogP contribution in [0.1, 0.15) is 48.6 Å². The van der Waals surface area contributed by atoms with Crippen molar-refractivity contribution in [1.29, 1.82) is 0 Å². The topological polar surface area (TPSA) is 35.5 Å². The normalized spacial score (nSPS) is 23.9. The van der Waals surface area contributed by atoms with E-state index in [1.165, 1.54) is 107 Å². The number of benzene rings is 6. The van der Waals surface area contributed by atoms with Crippen LogP contribution in [0.15, 0.2) is 127 Å². The lowest BCUT2D eigenvalue weighted by molar-refractivity contribution is 0.0526. The second kappa shape index (κ2) is 13.0. The zero-order valence-corrected chi connectivity index (χ0v) is 32.7. The summed E-state index contributed by atoms with van der Waals surface area (Å²) in [5, 5.41) is 12.9. The molecule has 2 aromatic heterocycles. The van der Waals surface area contributed by atoms with Crippen molar-refractivity contribution in [3.05, 3.63) is 139 Å². The molecule has 8 aromatic rings. The van der Waals surface area contributed by atoms with Crippen LogP contribution in [0.2, 0.25) is 0 Å². The molecule has 5 unspecified atom stereocenters. The summed E-state index contributed by atoms with van der Waals surface area (Å²) in [6.07, 6.45) is 5.53. The highest BCUT2D eigenvalue weighted by atomic mass is 32.1. The van der Waals surface area contributed by atoms with Gasteiger partial charge in [-0.1, -0.05) is 60.7 Å². The Bertz CT molecular complexity index is 2780. The molecule has 278 valence electrons. The maximum atomic E-state index is 3.83. The van der Waals surface area contributed by atoms with Gasteiger partial charge in [-0.25, -0.2) is 0 Å². The second-order valence-electron chi connectivity index (χ2n) is 16.8. The molecule has 3 fully saturated rings. The highest BCUT2D eigenvalue weighted by Gasteiger charge is 2.41. The highest BCUT2D eigenvalue weighted by Crippen LogP contribution is 2.50. The van der Waals surface area contributed by atoms with Crippen LogP contribution in [0, 0.1) is 5.92 Å². The number of rotatable bonds is 4. The third kappa shape index (κ3) is 5.09. The number of piperidine rings is 3. The number of nitrogens with one attached hydrogen (secondary N) is 2. The summed E-state index contributed by atoms with van der Waals surface area (Å²) >= 11 is 1.89. The minimum Gasteiger partial charge on any atom is -0.336 e. The van der Waals surface area contributed by atoms with Gasteiger partial charge in [0.15, 0.2) is 0 Å². The first-order chi connectivity index (χ1) is 27.7. The van der Waals surface area contributed by atoms with Crippen molar-refractivity contribution in [2.24, 2.45) is 5.92 Å². The van der Waals surface area contributed by atoms with Crippen LogP contribution < -0.4 is 15.5 Å². The summed E-state index contributed by atoms with van der Waals surface area (Å²) in [5.41, 5.74) is 12.0. The fraction of sp³-hybridized carbons (Fsp3) is 0.280. The van der Waals surface area contributed by atoms with Gasteiger partial charge in [-0.15, -0.1) is 11.3 Å². The Morgan fingerprint density at radius 1 is 0.625 bits per heavy atom. The zero-order chi connectivity index (χ0) is 36.9. The van der Waals surface area contributed by atoms with Crippen molar-refractivity contribution < 1.29 is 0 Å². The summed E-state index contributed by atoms with van der Waals surface area (Å²) in [7, 11) is 2.30. The molecule has 4 aliphatic heterocycles. The molecule has 5 atom stereocenters. The van der Waals surface area contributed by atoms with E-state index in [0.717, 1.165) is 26.1 Å². The van der Waals surface area contributed by atoms with Gasteiger partial charge in [0.05, 0.1) is 23.2 Å². The molecule has 3 saturated heterocycles. The Morgan fingerprint density at radius 3 is 2.34 bits per heavy atom. The number of aromatic nitrogens is 1. The highest BCUT2D eigenvalue weighted by molar-refractivity contribution is 7.25. The predicted octanol–water partition coefficient (Wildman–Crippen LogP) is 11.2. The monoisotopic (exact) mass is 749 g/mol. The Labute approximate surface area is 332 Å². The van der Waals surface area contributed by atoms with Gasteiger partial charge in [-0.2, -0.15) is 0 Å². The van der Waals surface area contributed by atoms with Gasteiger partial charge in [0.2, 0.25) is 0 Å². The first-order valence-corrected chi connectivity index (χ1v) is 21.6. The molecular formula is C50H47N5S. The number of fused-ring (bicyclic) bond motifs is 10. The average Bonchev–Trinajstić information content (AvgIpc) is 3.90. The van der Waals surface area contributed by atoms with E-state index in [0.29, 0.717) is 30.0 Å². The third-order valence-electron chi connectivity index (χ3n) is 13.9. The minimum absolute atomic E-state index is 0.421. The number of nitrogens with zero attached hydrogens (tertiary/aromatic N) is 3. The lowest BCUT2D eigenvalue weighted by Gasteiger charge is -2.47. The van der Waals surface area contributed by atoms with Gasteiger partial charge < -0.3 is 20.1 Å². The molecule has 6 heteroatoms. The van der Waals surface area contributed by atoms with Gasteiger partial charge in [0, 0.05) is 60.5 Å². The summed E-state index contributed by atoms with van der Waals surface area (Å²) in [6.45, 7) is 4.39. The van der Waals surface area contributed by atoms with E-state index in [2.05, 4.69) is 159 Å². The summed E-state index contributed by atoms with van der Waals surface area (Å²) in [5.74, 6) is 1.83. The molecule has 56 heavy (non-hydrogen) atoms. The molecule has 5 nitrogen and oxygen atoms in total. The molecule has 4 aliphatic rings. The number of hydrogen-bond donors (Lipinski definition) is 2. The molecule has 2 N–H and O–H groups in total. The summed E-state index contributed by atoms with van der Waals surface area (Å²) < 4.78 is 5.14. The number of thiophene rings is 1. The van der Waals surface area contributed by atoms with Crippen LogP contribution >= 0.6 is 11.3 Å². The van der Waals surface area contributed by atoms with E-state index >= 15 is 0 Å². The van der Waals surface area contributed by atoms with Crippen LogP contribution in [0.4, 0.5) is 11.4 Å². The minimum atomic E-state index is 0.421. The van der Waals surface area contributed by atoms with E-state index in [1.807, 2.05) is 11.3 Å². The molecular weight excluding hydrogens is 703 g/mol. The first kappa shape index (κ1) is 33.2. The number of anilines is 2. The molecule has 6 heterocycles. The standard InChI is InChI=1S/C50H47N5S/c1-53-25-7-11-39-36(22-24-52-50(39)53)31-13-17-35(18-14-31)55-44-19-15-32(26-40(44)37-21-23-51-30-47(37)55)33-16-20-45-41(27-33)42-28-43-38-10-5-6-12-48(38)56-49(43)29-46(42)54(45)34-8-3-2-4-9-34/h2-6,8-10,12-20,26-29,36-37,39,47,50-52H,7,11,21-25,30H2,1H3. The van der Waals surface area contributed by atoms with Crippen molar-refractivity contribution in [2.45, 2.75) is 49.7 Å². The second-order valence-corrected chi connectivity index (χ2v) is 17.9. The maximum absolute atomic E-state index is 3.83. The Kier molecular flexibility index (Phi) is 7.73. The maximum Gasteiger partial charge on any atom is 0.0629 e. The van der Waals surface area contributed by atoms with Crippen LogP contribution in [0.3, 0.4) is 0 Å². The molecule has 0 spiro atoms. The van der Waals surface area contributed by atoms with Crippen molar-refractivity contribution in [2.75, 3.05) is 38.1 Å². The molecule has 0 bridgehead atoms. The SMILES string of the molecule is CN1CCCC2C(c3ccc(N4c5ccc(-c6ccc7c(c6)c6cc8c(cc6n7-c6ccccc6)sc6ccccc68)cc5C5CCNCC54)cc3)CCNC21. The van der Waals surface area contributed by atoms with Gasteiger partial charge >= 0.3 is 0 Å². The lowest BCUT2D eigenvalue weighted by Crippen LogP contribution is -2.56. The number of likely N-dealkylation sites (tertiary alicyclic amines) is 1. The average molecular weight is 750 g/mol. The van der Waals surface area contributed by atoms with E-state index in [9.17, 15) is 0 Å². The summed E-state index contributed by atoms with van der Waals surface area (Å²) in [4.78, 5) is 5.21. The van der Waals surface area contributed by atoms with Crippen molar-refractivity contribution in [1.82, 2.24) is 20.1 Å². The van der Waals surface area contributed by atoms with E-state index in [1.54, 1.807) is 0 Å². The molecule has 0 radical (unpaired) electrons. The van der Waals surface area contributed by atoms with Crippen LogP contribution in [-0.4, -0.2) is 54.9 Å². The number of hydrogen-bond acceptors (Lipinski definition) is 5. The fourth-order valence-corrected chi connectivity index (χ4v) is 12.5. The zero-order valence-electron chi connectivity index (χ0n) is 31.9. The van der Waals surface area contributed by atoms with Gasteiger partial charge in [0.1, 0.15) is 0 Å². The molecule has 0 amide bonds. The Balaban J connectivity index is 0.942. The quantitative estimate of drug-likeness (QED) is 0.188. The van der Waals surface area contributed by atoms with Crippen molar-refractivity contribution in [3.8, 4) is 16.8 Å². The van der Waals surface area contributed by atoms with Crippen LogP contribution in [0.5, 0.6) is 0 Å². The largest absolute Gasteiger partial charge is 0.336 e. The molecule has 12 rings (SSSR count). The summed E-state index contributed by atoms with van der Waals surface area (Å²) in [6, 6.07) is 49.3. The Morgan fingerprint density at radius 2 is 1.43 bits per heavy atom. The third-order valence-corrected chi connectivity index (χ3v) is 15.1. The van der Waals surface area contributed by atoms with Gasteiger partial charge in [-0.3, -0.25) is 4.90 Å². The van der Waals surface area contributed by atoms with Gasteiger partial charge in [-0.05, 0) is 153 Å². The Hall–Kier alpha value is -4.98. The van der Waals surface area contributed by atoms with E-state index in [-0.39, 0.29) is 0 Å². The van der Waals surface area contributed by atoms with E-state index < -0.39 is 0 Å². The fourth-order valence-electron chi connectivity index (χ4n) is 11.3. The smallest absolute Gasteiger partial charge is 0.0629 e. The molecule has 0 aliphatic carbocycles.